The predicted octanol–water partition coefficient (Wildman–Crippen LogP) is 6.73. The average molecular weight is 649 g/mol. The van der Waals surface area contributed by atoms with Crippen molar-refractivity contribution in [2.75, 3.05) is 0 Å². The lowest BCUT2D eigenvalue weighted by molar-refractivity contribution is 0.0572. The van der Waals surface area contributed by atoms with Crippen LogP contribution in [-0.2, 0) is 16.6 Å². The summed E-state index contributed by atoms with van der Waals surface area (Å²) in [6.07, 6.45) is 1.60. The SMILES string of the molecule is Cc1ccc(S(=O)(=O)N2C(=O)N(Cc3ccccc3)C3=C[C@H](c4ccccc4)C(C#N)(C#N)C(C#N)(C#N)[C@@H]3[C@H]2c2ccccc2)cc1. The van der Waals surface area contributed by atoms with Crippen LogP contribution in [0.25, 0.3) is 0 Å². The minimum absolute atomic E-state index is 0.107. The van der Waals surface area contributed by atoms with Crippen molar-refractivity contribution in [1.82, 2.24) is 9.21 Å². The van der Waals surface area contributed by atoms with E-state index in [4.69, 9.17) is 0 Å². The highest BCUT2D eigenvalue weighted by atomic mass is 32.2. The van der Waals surface area contributed by atoms with E-state index in [1.807, 2.05) is 0 Å². The van der Waals surface area contributed by atoms with Gasteiger partial charge in [0.25, 0.3) is 10.0 Å². The first-order valence-electron chi connectivity index (χ1n) is 15.1. The van der Waals surface area contributed by atoms with E-state index in [9.17, 15) is 34.3 Å². The summed E-state index contributed by atoms with van der Waals surface area (Å²) >= 11 is 0. The van der Waals surface area contributed by atoms with Gasteiger partial charge in [-0.2, -0.15) is 21.0 Å². The van der Waals surface area contributed by atoms with Crippen LogP contribution in [0.3, 0.4) is 0 Å². The van der Waals surface area contributed by atoms with Gasteiger partial charge in [-0.3, -0.25) is 4.90 Å². The van der Waals surface area contributed by atoms with Gasteiger partial charge in [0.2, 0.25) is 0 Å². The number of aryl methyl sites for hydroxylation is 1. The van der Waals surface area contributed by atoms with Crippen molar-refractivity contribution in [3.63, 3.8) is 0 Å². The molecule has 9 nitrogen and oxygen atoms in total. The summed E-state index contributed by atoms with van der Waals surface area (Å²) in [6.45, 7) is 1.70. The van der Waals surface area contributed by atoms with Crippen molar-refractivity contribution < 1.29 is 13.2 Å². The van der Waals surface area contributed by atoms with E-state index in [0.717, 1.165) is 9.87 Å². The quantitative estimate of drug-likeness (QED) is 0.225. The van der Waals surface area contributed by atoms with Gasteiger partial charge in [0.15, 0.2) is 10.8 Å². The molecule has 10 heteroatoms. The molecule has 2 aliphatic rings. The van der Waals surface area contributed by atoms with Crippen LogP contribution >= 0.6 is 0 Å². The van der Waals surface area contributed by atoms with Gasteiger partial charge >= 0.3 is 6.03 Å². The molecule has 1 heterocycles. The van der Waals surface area contributed by atoms with Crippen LogP contribution in [0.1, 0.15) is 34.2 Å². The van der Waals surface area contributed by atoms with Gasteiger partial charge in [-0.1, -0.05) is 115 Å². The van der Waals surface area contributed by atoms with Crippen LogP contribution in [0.4, 0.5) is 4.79 Å². The fourth-order valence-corrected chi connectivity index (χ4v) is 8.47. The number of nitrogens with zero attached hydrogens (tertiary/aromatic N) is 6. The molecule has 2 amide bonds. The molecular weight excluding hydrogens is 621 g/mol. The molecule has 1 saturated heterocycles. The fourth-order valence-electron chi connectivity index (χ4n) is 6.92. The monoisotopic (exact) mass is 648 g/mol. The Labute approximate surface area is 279 Å². The zero-order valence-electron chi connectivity index (χ0n) is 25.8. The molecule has 1 aliphatic heterocycles. The van der Waals surface area contributed by atoms with Crippen molar-refractivity contribution in [3.8, 4) is 24.3 Å². The molecule has 1 fully saturated rings. The van der Waals surface area contributed by atoms with E-state index >= 15 is 0 Å². The zero-order valence-corrected chi connectivity index (χ0v) is 26.6. The van der Waals surface area contributed by atoms with Crippen molar-refractivity contribution in [1.29, 1.82) is 21.0 Å². The van der Waals surface area contributed by atoms with Crippen LogP contribution in [0.15, 0.2) is 132 Å². The zero-order chi connectivity index (χ0) is 34.1. The highest BCUT2D eigenvalue weighted by Gasteiger charge is 2.71. The van der Waals surface area contributed by atoms with Gasteiger partial charge in [0.1, 0.15) is 0 Å². The summed E-state index contributed by atoms with van der Waals surface area (Å²) < 4.78 is 30.1. The number of hydrogen-bond acceptors (Lipinski definition) is 7. The first-order valence-corrected chi connectivity index (χ1v) is 16.6. The van der Waals surface area contributed by atoms with Gasteiger partial charge in [0.05, 0.1) is 47.7 Å². The van der Waals surface area contributed by atoms with E-state index in [1.165, 1.54) is 17.0 Å². The van der Waals surface area contributed by atoms with Crippen molar-refractivity contribution in [2.24, 2.45) is 16.7 Å². The molecule has 0 saturated carbocycles. The number of carbonyl (C=O) groups is 1. The van der Waals surface area contributed by atoms with Gasteiger partial charge in [-0.05, 0) is 35.7 Å². The molecule has 4 aromatic rings. The van der Waals surface area contributed by atoms with E-state index in [-0.39, 0.29) is 17.1 Å². The van der Waals surface area contributed by atoms with Gasteiger partial charge in [-0.15, -0.1) is 0 Å². The topological polar surface area (TPSA) is 153 Å². The Hall–Kier alpha value is -6.20. The second kappa shape index (κ2) is 12.2. The molecule has 3 atom stereocenters. The lowest BCUT2D eigenvalue weighted by atomic mass is 9.48. The third kappa shape index (κ3) is 4.71. The Morgan fingerprint density at radius 2 is 1.19 bits per heavy atom. The maximum absolute atomic E-state index is 14.9. The summed E-state index contributed by atoms with van der Waals surface area (Å²) in [6, 6.07) is 37.7. The molecule has 0 bridgehead atoms. The Morgan fingerprint density at radius 1 is 0.688 bits per heavy atom. The second-order valence-electron chi connectivity index (χ2n) is 11.8. The number of carbonyl (C=O) groups excluding carboxylic acids is 1. The van der Waals surface area contributed by atoms with Gasteiger partial charge in [0, 0.05) is 11.6 Å². The number of fused-ring (bicyclic) bond motifs is 1. The van der Waals surface area contributed by atoms with Crippen LogP contribution in [0.5, 0.6) is 0 Å². The van der Waals surface area contributed by atoms with E-state index in [1.54, 1.807) is 116 Å². The average Bonchev–Trinajstić information content (AvgIpc) is 3.12. The molecule has 48 heavy (non-hydrogen) atoms. The van der Waals surface area contributed by atoms with Crippen LogP contribution in [0, 0.1) is 69.0 Å². The number of urea groups is 1. The van der Waals surface area contributed by atoms with Gasteiger partial charge < -0.3 is 0 Å². The number of benzene rings is 4. The summed E-state index contributed by atoms with van der Waals surface area (Å²) in [7, 11) is -4.65. The van der Waals surface area contributed by atoms with Crippen LogP contribution in [-0.4, -0.2) is 23.7 Å². The van der Waals surface area contributed by atoms with E-state index in [0.29, 0.717) is 16.7 Å². The molecular formula is C38H28N6O3S. The smallest absolute Gasteiger partial charge is 0.293 e. The standard InChI is InChI=1S/C38H28N6O3S/c1-27-17-19-31(20-18-27)48(46,47)44-35(30-15-9-4-10-16-30)34-33(43(36(44)45)22-28-11-5-2-6-12-28)21-32(29-13-7-3-8-14-29)37(23-39,24-40)38(34,25-41)26-42/h2-21,32,34-35H,22H2,1H3/t32-,34+,35-/m1/s1. The molecule has 0 aromatic heterocycles. The third-order valence-corrected chi connectivity index (χ3v) is 11.0. The molecule has 6 rings (SSSR count). The highest BCUT2D eigenvalue weighted by molar-refractivity contribution is 7.89. The predicted molar refractivity (Wildman–Crippen MR) is 175 cm³/mol. The van der Waals surface area contributed by atoms with Crippen molar-refractivity contribution in [3.05, 3.63) is 149 Å². The summed E-state index contributed by atoms with van der Waals surface area (Å²) in [5.74, 6) is -2.57. The number of amides is 2. The molecule has 4 aromatic carbocycles. The Balaban J connectivity index is 1.74. The largest absolute Gasteiger partial charge is 0.339 e. The summed E-state index contributed by atoms with van der Waals surface area (Å²) in [4.78, 5) is 16.0. The summed E-state index contributed by atoms with van der Waals surface area (Å²) in [5, 5.41) is 44.0. The molecule has 0 spiro atoms. The van der Waals surface area contributed by atoms with Crippen LogP contribution < -0.4 is 0 Å². The maximum atomic E-state index is 14.9. The number of rotatable bonds is 6. The molecule has 0 radical (unpaired) electrons. The van der Waals surface area contributed by atoms with E-state index in [2.05, 4.69) is 24.3 Å². The Bertz CT molecular complexity index is 2150. The first kappa shape index (κ1) is 31.8. The second-order valence-corrected chi connectivity index (χ2v) is 13.7. The molecule has 234 valence electrons. The third-order valence-electron chi connectivity index (χ3n) is 9.28. The maximum Gasteiger partial charge on any atom is 0.339 e. The lowest BCUT2D eigenvalue weighted by Gasteiger charge is -2.55. The Kier molecular flexibility index (Phi) is 8.07. The summed E-state index contributed by atoms with van der Waals surface area (Å²) in [5.41, 5.74) is -2.32. The molecule has 0 unspecified atom stereocenters. The van der Waals surface area contributed by atoms with Gasteiger partial charge in [-0.25, -0.2) is 17.5 Å². The Morgan fingerprint density at radius 3 is 1.71 bits per heavy atom. The number of sulfonamides is 1. The minimum atomic E-state index is -4.65. The van der Waals surface area contributed by atoms with E-state index < -0.39 is 44.8 Å². The fraction of sp³-hybridized carbons (Fsp3) is 0.184. The molecule has 0 N–H and O–H groups in total. The first-order chi connectivity index (χ1) is 23.2. The minimum Gasteiger partial charge on any atom is -0.293 e. The number of allylic oxidation sites excluding steroid dienone is 1. The normalized spacial score (nSPS) is 21.0. The van der Waals surface area contributed by atoms with Crippen molar-refractivity contribution in [2.45, 2.75) is 30.3 Å². The molecule has 1 aliphatic carbocycles. The highest BCUT2D eigenvalue weighted by Crippen LogP contribution is 2.64. The lowest BCUT2D eigenvalue weighted by Crippen LogP contribution is -2.63. The van der Waals surface area contributed by atoms with Crippen LogP contribution in [0.2, 0.25) is 0 Å². The number of hydrogen-bond donors (Lipinski definition) is 0. The van der Waals surface area contributed by atoms with Crippen molar-refractivity contribution >= 4 is 16.1 Å². The number of nitriles is 4.